The van der Waals surface area contributed by atoms with Gasteiger partial charge in [0.2, 0.25) is 0 Å². The molecule has 0 amide bonds. The fourth-order valence-corrected chi connectivity index (χ4v) is 0.775. The number of hydrogen-bond donors (Lipinski definition) is 1. The molecule has 0 aliphatic carbocycles. The van der Waals surface area contributed by atoms with Gasteiger partial charge in [-0.15, -0.1) is 0 Å². The highest BCUT2D eigenvalue weighted by Crippen LogP contribution is 2.06. The minimum atomic E-state index is 1.30. The van der Waals surface area contributed by atoms with E-state index in [2.05, 4.69) is 38.2 Å². The van der Waals surface area contributed by atoms with E-state index >= 15 is 0 Å². The largest absolute Gasteiger partial charge is 0.394 e. The molecule has 72 valence electrons. The third kappa shape index (κ3) is 5.97. The van der Waals surface area contributed by atoms with Crippen LogP contribution in [0.1, 0.15) is 20.8 Å². The zero-order chi connectivity index (χ0) is 10.1. The molecule has 0 saturated carbocycles. The number of rotatable bonds is 4. The van der Waals surface area contributed by atoms with Gasteiger partial charge in [0.1, 0.15) is 0 Å². The van der Waals surface area contributed by atoms with Gasteiger partial charge in [0.25, 0.3) is 0 Å². The van der Waals surface area contributed by atoms with E-state index in [0.717, 1.165) is 0 Å². The lowest BCUT2D eigenvalue weighted by atomic mass is 10.1. The summed E-state index contributed by atoms with van der Waals surface area (Å²) in [6.07, 6.45) is 12.1. The van der Waals surface area contributed by atoms with Crippen molar-refractivity contribution in [1.29, 1.82) is 0 Å². The summed E-state index contributed by atoms with van der Waals surface area (Å²) in [6, 6.07) is 0. The first-order chi connectivity index (χ1) is 6.22. The molecule has 0 rings (SSSR count). The highest BCUT2D eigenvalue weighted by atomic mass is 14.8. The van der Waals surface area contributed by atoms with Crippen LogP contribution >= 0.6 is 0 Å². The van der Waals surface area contributed by atoms with E-state index < -0.39 is 0 Å². The molecular formula is C12H19N. The van der Waals surface area contributed by atoms with Crippen LogP contribution in [0.4, 0.5) is 0 Å². The summed E-state index contributed by atoms with van der Waals surface area (Å²) < 4.78 is 0. The molecule has 0 aromatic heterocycles. The molecule has 0 spiro atoms. The van der Waals surface area contributed by atoms with Crippen LogP contribution in [-0.2, 0) is 0 Å². The van der Waals surface area contributed by atoms with E-state index in [-0.39, 0.29) is 0 Å². The van der Waals surface area contributed by atoms with Crippen LogP contribution < -0.4 is 5.32 Å². The molecule has 0 heterocycles. The van der Waals surface area contributed by atoms with Crippen molar-refractivity contribution in [3.8, 4) is 0 Å². The Labute approximate surface area is 81.5 Å². The van der Waals surface area contributed by atoms with Gasteiger partial charge in [-0.05, 0) is 38.6 Å². The molecule has 13 heavy (non-hydrogen) atoms. The maximum atomic E-state index is 2.93. The van der Waals surface area contributed by atoms with Crippen molar-refractivity contribution in [2.24, 2.45) is 0 Å². The first-order valence-electron chi connectivity index (χ1n) is 4.53. The molecule has 1 heteroatoms. The van der Waals surface area contributed by atoms with E-state index in [0.29, 0.717) is 0 Å². The van der Waals surface area contributed by atoms with Gasteiger partial charge in [-0.3, -0.25) is 0 Å². The lowest BCUT2D eigenvalue weighted by molar-refractivity contribution is 1.10. The zero-order valence-electron chi connectivity index (χ0n) is 8.96. The van der Waals surface area contributed by atoms with Crippen LogP contribution in [0.3, 0.4) is 0 Å². The van der Waals surface area contributed by atoms with Gasteiger partial charge in [-0.2, -0.15) is 0 Å². The fourth-order valence-electron chi connectivity index (χ4n) is 0.775. The van der Waals surface area contributed by atoms with Gasteiger partial charge in [-0.1, -0.05) is 29.9 Å². The summed E-state index contributed by atoms with van der Waals surface area (Å²) in [5, 5.41) is 2.93. The monoisotopic (exact) mass is 177 g/mol. The molecule has 0 bridgehead atoms. The average Bonchev–Trinajstić information content (AvgIpc) is 2.16. The van der Waals surface area contributed by atoms with E-state index in [1.807, 2.05) is 31.5 Å². The topological polar surface area (TPSA) is 12.0 Å². The van der Waals surface area contributed by atoms with E-state index in [1.54, 1.807) is 0 Å². The molecule has 0 saturated heterocycles. The van der Waals surface area contributed by atoms with Crippen molar-refractivity contribution in [3.05, 3.63) is 47.7 Å². The molecule has 0 aromatic rings. The summed E-state index contributed by atoms with van der Waals surface area (Å²) >= 11 is 0. The lowest BCUT2D eigenvalue weighted by Crippen LogP contribution is -1.89. The van der Waals surface area contributed by atoms with Crippen molar-refractivity contribution in [1.82, 2.24) is 5.32 Å². The Morgan fingerprint density at radius 2 is 1.69 bits per heavy atom. The quantitative estimate of drug-likeness (QED) is 0.650. The number of hydrogen-bond acceptors (Lipinski definition) is 1. The van der Waals surface area contributed by atoms with Crippen LogP contribution in [-0.4, -0.2) is 7.05 Å². The SMILES string of the molecule is CC=C(C)C(C)=CC=CC=CNC. The standard InChI is InChI=1S/C12H19N/c1-5-11(2)12(3)9-7-6-8-10-13-4/h5-10,13H,1-4H3. The lowest BCUT2D eigenvalue weighted by Gasteiger charge is -1.96. The zero-order valence-corrected chi connectivity index (χ0v) is 8.96. The smallest absolute Gasteiger partial charge is 0.00277 e. The van der Waals surface area contributed by atoms with Crippen LogP contribution in [0.2, 0.25) is 0 Å². The third-order valence-corrected chi connectivity index (χ3v) is 1.89. The summed E-state index contributed by atoms with van der Waals surface area (Å²) in [4.78, 5) is 0. The van der Waals surface area contributed by atoms with Gasteiger partial charge in [0.15, 0.2) is 0 Å². The average molecular weight is 177 g/mol. The third-order valence-electron chi connectivity index (χ3n) is 1.89. The van der Waals surface area contributed by atoms with Gasteiger partial charge < -0.3 is 5.32 Å². The summed E-state index contributed by atoms with van der Waals surface area (Å²) in [6.45, 7) is 6.28. The van der Waals surface area contributed by atoms with Crippen LogP contribution in [0.25, 0.3) is 0 Å². The van der Waals surface area contributed by atoms with E-state index in [1.165, 1.54) is 11.1 Å². The highest BCUT2D eigenvalue weighted by Gasteiger charge is 1.86. The van der Waals surface area contributed by atoms with Gasteiger partial charge in [0.05, 0.1) is 0 Å². The first kappa shape index (κ1) is 11.8. The number of allylic oxidation sites excluding steroid dienone is 7. The molecule has 0 aromatic carbocycles. The minimum Gasteiger partial charge on any atom is -0.394 e. The molecular weight excluding hydrogens is 158 g/mol. The first-order valence-corrected chi connectivity index (χ1v) is 4.53. The second-order valence-electron chi connectivity index (χ2n) is 2.85. The molecule has 1 nitrogen and oxygen atoms in total. The summed E-state index contributed by atoms with van der Waals surface area (Å²) in [7, 11) is 1.88. The van der Waals surface area contributed by atoms with Crippen LogP contribution in [0.5, 0.6) is 0 Å². The van der Waals surface area contributed by atoms with Crippen molar-refractivity contribution in [2.45, 2.75) is 20.8 Å². The van der Waals surface area contributed by atoms with Gasteiger partial charge >= 0.3 is 0 Å². The Kier molecular flexibility index (Phi) is 6.70. The predicted octanol–water partition coefficient (Wildman–Crippen LogP) is 3.19. The maximum Gasteiger partial charge on any atom is 0.00277 e. The molecule has 0 aliphatic rings. The minimum absolute atomic E-state index is 1.30. The predicted molar refractivity (Wildman–Crippen MR) is 60.5 cm³/mol. The van der Waals surface area contributed by atoms with Gasteiger partial charge in [-0.25, -0.2) is 0 Å². The fraction of sp³-hybridized carbons (Fsp3) is 0.333. The maximum absolute atomic E-state index is 2.93. The molecule has 0 radical (unpaired) electrons. The van der Waals surface area contributed by atoms with Crippen LogP contribution in [0, 0.1) is 0 Å². The highest BCUT2D eigenvalue weighted by molar-refractivity contribution is 5.30. The Hall–Kier alpha value is -1.24. The van der Waals surface area contributed by atoms with Crippen molar-refractivity contribution in [3.63, 3.8) is 0 Å². The number of nitrogens with one attached hydrogen (secondary N) is 1. The van der Waals surface area contributed by atoms with E-state index in [4.69, 9.17) is 0 Å². The van der Waals surface area contributed by atoms with Gasteiger partial charge in [0, 0.05) is 7.05 Å². The molecule has 1 N–H and O–H groups in total. The summed E-state index contributed by atoms with van der Waals surface area (Å²) in [5.41, 5.74) is 2.62. The van der Waals surface area contributed by atoms with Crippen molar-refractivity contribution >= 4 is 0 Å². The normalized spacial score (nSPS) is 14.5. The Morgan fingerprint density at radius 1 is 1.00 bits per heavy atom. The van der Waals surface area contributed by atoms with E-state index in [9.17, 15) is 0 Å². The molecule has 0 aliphatic heterocycles. The Bertz CT molecular complexity index is 242. The molecule has 0 unspecified atom stereocenters. The molecule has 0 atom stereocenters. The van der Waals surface area contributed by atoms with Crippen molar-refractivity contribution in [2.75, 3.05) is 7.05 Å². The molecule has 0 fully saturated rings. The van der Waals surface area contributed by atoms with Crippen LogP contribution in [0.15, 0.2) is 47.7 Å². The second kappa shape index (κ2) is 7.41. The summed E-state index contributed by atoms with van der Waals surface area (Å²) in [5.74, 6) is 0. The Morgan fingerprint density at radius 3 is 2.23 bits per heavy atom. The second-order valence-corrected chi connectivity index (χ2v) is 2.85. The Balaban J connectivity index is 4.11. The van der Waals surface area contributed by atoms with Crippen molar-refractivity contribution < 1.29 is 0 Å².